The zero-order valence-electron chi connectivity index (χ0n) is 69.0. The van der Waals surface area contributed by atoms with Gasteiger partial charge in [-0.2, -0.15) is 0 Å². The minimum absolute atomic E-state index is 0. The van der Waals surface area contributed by atoms with E-state index in [1.54, 1.807) is 0 Å². The van der Waals surface area contributed by atoms with E-state index in [1.165, 1.54) is 488 Å². The van der Waals surface area contributed by atoms with E-state index in [0.717, 1.165) is 51.9 Å². The van der Waals surface area contributed by atoms with Crippen LogP contribution < -0.4 is 10.2 Å². The summed E-state index contributed by atoms with van der Waals surface area (Å²) in [5.41, 5.74) is 0. The van der Waals surface area contributed by atoms with E-state index in [-0.39, 0.29) is 50.8 Å². The van der Waals surface area contributed by atoms with Crippen LogP contribution in [0.4, 0.5) is 0 Å². The second-order valence-corrected chi connectivity index (χ2v) is 32.2. The van der Waals surface area contributed by atoms with Gasteiger partial charge >= 0.3 is 37.7 Å². The summed E-state index contributed by atoms with van der Waals surface area (Å²) in [5, 5.41) is 22.5. The first-order chi connectivity index (χ1) is 48.4. The second-order valence-electron chi connectivity index (χ2n) is 32.2. The van der Waals surface area contributed by atoms with Crippen molar-refractivity contribution < 1.29 is 19.8 Å². The van der Waals surface area contributed by atoms with Gasteiger partial charge in [0.05, 0.1) is 11.9 Å². The first kappa shape index (κ1) is 103. The van der Waals surface area contributed by atoms with Gasteiger partial charge in [0.2, 0.25) is 0 Å². The zero-order chi connectivity index (χ0) is 71.1. The summed E-state index contributed by atoms with van der Waals surface area (Å²) in [6, 6.07) is 0. The van der Waals surface area contributed by atoms with Gasteiger partial charge in [0.25, 0.3) is 0 Å². The van der Waals surface area contributed by atoms with E-state index < -0.39 is 11.9 Å². The summed E-state index contributed by atoms with van der Waals surface area (Å²) in [6.07, 6.45) is 112. The van der Waals surface area contributed by atoms with Crippen molar-refractivity contribution in [3.63, 3.8) is 0 Å². The molecule has 6 nitrogen and oxygen atoms in total. The van der Waals surface area contributed by atoms with Gasteiger partial charge in [0, 0.05) is 13.1 Å². The number of rotatable bonds is 88. The fourth-order valence-electron chi connectivity index (χ4n) is 15.3. The van der Waals surface area contributed by atoms with Gasteiger partial charge in [-0.15, -0.1) is 0 Å². The van der Waals surface area contributed by atoms with Crippen LogP contribution in [0.15, 0.2) is 0 Å². The number of carbonyl (C=O) groups is 2. The van der Waals surface area contributed by atoms with Crippen LogP contribution in [0, 0.1) is 0 Å². The van der Waals surface area contributed by atoms with E-state index in [9.17, 15) is 19.8 Å². The number of nitrogens with zero attached hydrogens (tertiary/aromatic N) is 2. The van der Waals surface area contributed by atoms with Crippen LogP contribution in [0.5, 0.6) is 0 Å². The summed E-state index contributed by atoms with van der Waals surface area (Å²) < 4.78 is 0. The van der Waals surface area contributed by atoms with Gasteiger partial charge in [0.15, 0.2) is 0 Å². The standard InChI is InChI=1S/2C46H93NO2.Ca/c2*1-3-5-7-9-11-13-15-17-19-21-23-25-27-29-31-33-35-37-39-41-43-47(45-46(48)49)44-42-40-38-36-34-32-30-28-26-24-22-20-18-16-14-12-10-8-6-4-2;/h2*3-45H2,1-2H3,(H,48,49);/q;;+2/p-2. The number of carbonyl (C=O) groups excluding carboxylic acids is 2. The second kappa shape index (κ2) is 96.1. The van der Waals surface area contributed by atoms with E-state index in [4.69, 9.17) is 0 Å². The quantitative estimate of drug-likeness (QED) is 0.0445. The molecular weight excluding hydrogens is 1240 g/mol. The Morgan fingerprint density at radius 1 is 0.162 bits per heavy atom. The summed E-state index contributed by atoms with van der Waals surface area (Å²) in [6.45, 7) is 13.1. The summed E-state index contributed by atoms with van der Waals surface area (Å²) >= 11 is 0. The van der Waals surface area contributed by atoms with E-state index in [2.05, 4.69) is 37.5 Å². The Morgan fingerprint density at radius 2 is 0.242 bits per heavy atom. The Kier molecular flexibility index (Phi) is 100. The number of carboxylic acids is 2. The van der Waals surface area contributed by atoms with Crippen LogP contribution >= 0.6 is 0 Å². The normalized spacial score (nSPS) is 11.5. The molecule has 0 unspecified atom stereocenters. The number of hydrogen-bond donors (Lipinski definition) is 0. The molecule has 0 aromatic rings. The van der Waals surface area contributed by atoms with Crippen molar-refractivity contribution in [2.75, 3.05) is 39.3 Å². The summed E-state index contributed by atoms with van der Waals surface area (Å²) in [4.78, 5) is 26.8. The van der Waals surface area contributed by atoms with Crippen molar-refractivity contribution in [3.8, 4) is 0 Å². The monoisotopic (exact) mass is 1420 g/mol. The largest absolute Gasteiger partial charge is 2.00 e. The molecule has 0 aliphatic carbocycles. The molecule has 0 aromatic carbocycles. The van der Waals surface area contributed by atoms with Crippen LogP contribution in [0.1, 0.15) is 541 Å². The number of aliphatic carboxylic acids is 2. The minimum atomic E-state index is -0.915. The van der Waals surface area contributed by atoms with Crippen molar-refractivity contribution in [2.45, 2.75) is 541 Å². The molecule has 99 heavy (non-hydrogen) atoms. The van der Waals surface area contributed by atoms with E-state index >= 15 is 0 Å². The SMILES string of the molecule is CCCCCCCCCCCCCCCCCCCCCCN(CCCCCCCCCCCCCCCCCCCCCC)CC(=O)[O-].CCCCCCCCCCCCCCCCCCCCCCN(CCCCCCCCCCCCCCCCCCCCCC)CC(=O)[O-].[Ca+2]. The summed E-state index contributed by atoms with van der Waals surface area (Å²) in [5.74, 6) is -1.83. The molecule has 0 atom stereocenters. The maximum absolute atomic E-state index is 11.3. The number of unbranched alkanes of at least 4 members (excludes halogenated alkanes) is 76. The number of hydrogen-bond acceptors (Lipinski definition) is 6. The molecule has 0 heterocycles. The molecule has 0 aromatic heterocycles. The van der Waals surface area contributed by atoms with Crippen LogP contribution in [0.3, 0.4) is 0 Å². The van der Waals surface area contributed by atoms with Crippen LogP contribution in [-0.4, -0.2) is 98.7 Å². The Labute approximate surface area is 655 Å². The molecule has 7 heteroatoms. The van der Waals surface area contributed by atoms with Crippen molar-refractivity contribution in [2.24, 2.45) is 0 Å². The Morgan fingerprint density at radius 3 is 0.323 bits per heavy atom. The Hall–Kier alpha value is 0.120. The zero-order valence-corrected chi connectivity index (χ0v) is 71.3. The molecule has 0 saturated heterocycles. The number of carboxylic acid groups (broad SMARTS) is 2. The average molecular weight is 1420 g/mol. The maximum Gasteiger partial charge on any atom is 2.00 e. The molecule has 0 saturated carbocycles. The Balaban J connectivity index is -0.00000184. The van der Waals surface area contributed by atoms with E-state index in [1.807, 2.05) is 0 Å². The maximum atomic E-state index is 11.3. The molecule has 0 aliphatic heterocycles. The first-order valence-electron chi connectivity index (χ1n) is 46.2. The molecule has 0 aliphatic rings. The van der Waals surface area contributed by atoms with Gasteiger partial charge in [-0.3, -0.25) is 9.80 Å². The fourth-order valence-corrected chi connectivity index (χ4v) is 15.3. The Bertz CT molecular complexity index is 1240. The van der Waals surface area contributed by atoms with Crippen LogP contribution in [0.2, 0.25) is 0 Å². The fraction of sp³-hybridized carbons (Fsp3) is 0.978. The molecule has 0 N–H and O–H groups in total. The van der Waals surface area contributed by atoms with E-state index in [0.29, 0.717) is 0 Å². The van der Waals surface area contributed by atoms with Gasteiger partial charge in [-0.05, 0) is 51.9 Å². The van der Waals surface area contributed by atoms with Gasteiger partial charge in [-0.25, -0.2) is 0 Å². The minimum Gasteiger partial charge on any atom is -0.549 e. The third kappa shape index (κ3) is 98.1. The van der Waals surface area contributed by atoms with Crippen molar-refractivity contribution in [3.05, 3.63) is 0 Å². The molecule has 0 bridgehead atoms. The topological polar surface area (TPSA) is 86.7 Å². The van der Waals surface area contributed by atoms with Crippen LogP contribution in [0.25, 0.3) is 0 Å². The third-order valence-electron chi connectivity index (χ3n) is 22.0. The molecule has 0 amide bonds. The molecule has 0 fully saturated rings. The predicted octanol–water partition coefficient (Wildman–Crippen LogP) is 29.0. The third-order valence-corrected chi connectivity index (χ3v) is 22.0. The predicted molar refractivity (Wildman–Crippen MR) is 441 cm³/mol. The summed E-state index contributed by atoms with van der Waals surface area (Å²) in [7, 11) is 0. The van der Waals surface area contributed by atoms with Crippen molar-refractivity contribution >= 4 is 49.7 Å². The molecule has 588 valence electrons. The molecular formula is C92H184CaN2O4. The van der Waals surface area contributed by atoms with Crippen molar-refractivity contribution in [1.82, 2.24) is 9.80 Å². The van der Waals surface area contributed by atoms with Crippen LogP contribution in [-0.2, 0) is 9.59 Å². The van der Waals surface area contributed by atoms with Crippen molar-refractivity contribution in [1.29, 1.82) is 0 Å². The van der Waals surface area contributed by atoms with Gasteiger partial charge in [0.1, 0.15) is 0 Å². The molecule has 0 spiro atoms. The van der Waals surface area contributed by atoms with Gasteiger partial charge < -0.3 is 19.8 Å². The molecule has 0 rings (SSSR count). The van der Waals surface area contributed by atoms with Gasteiger partial charge in [-0.1, -0.05) is 516 Å². The first-order valence-corrected chi connectivity index (χ1v) is 46.2. The molecule has 0 radical (unpaired) electrons. The smallest absolute Gasteiger partial charge is 0.549 e. The average Bonchev–Trinajstić information content (AvgIpc) is 3.23.